The molecule has 0 spiro atoms. The summed E-state index contributed by atoms with van der Waals surface area (Å²) in [6, 6.07) is 5.87. The Labute approximate surface area is 151 Å². The number of hydrogen-bond acceptors (Lipinski definition) is 3. The summed E-state index contributed by atoms with van der Waals surface area (Å²) in [5.41, 5.74) is 7.59. The van der Waals surface area contributed by atoms with E-state index in [0.717, 1.165) is 35.0 Å². The maximum Gasteiger partial charge on any atom is 0.226 e. The monoisotopic (exact) mass is 403 g/mol. The number of amides is 2. The molecule has 4 N–H and O–H groups in total. The molecule has 1 aliphatic carbocycles. The number of rotatable bonds is 5. The van der Waals surface area contributed by atoms with Crippen LogP contribution in [0.5, 0.6) is 0 Å². The van der Waals surface area contributed by atoms with Crippen molar-refractivity contribution in [3.63, 3.8) is 0 Å². The molecule has 1 aliphatic rings. The predicted octanol–water partition coefficient (Wildman–Crippen LogP) is 2.75. The summed E-state index contributed by atoms with van der Waals surface area (Å²) in [5, 5.41) is 5.68. The van der Waals surface area contributed by atoms with Gasteiger partial charge in [0.1, 0.15) is 0 Å². The molecule has 7 heteroatoms. The number of nitrogens with one attached hydrogen (secondary N) is 2. The fraction of sp³-hybridized carbons (Fsp3) is 0.500. The van der Waals surface area contributed by atoms with Crippen molar-refractivity contribution < 1.29 is 9.59 Å². The van der Waals surface area contributed by atoms with Gasteiger partial charge in [-0.1, -0.05) is 22.0 Å². The lowest BCUT2D eigenvalue weighted by Crippen LogP contribution is -2.32. The predicted molar refractivity (Wildman–Crippen MR) is 97.7 cm³/mol. The van der Waals surface area contributed by atoms with Crippen molar-refractivity contribution in [2.24, 2.45) is 11.7 Å². The lowest BCUT2D eigenvalue weighted by atomic mass is 10.1. The van der Waals surface area contributed by atoms with Gasteiger partial charge in [-0.25, -0.2) is 0 Å². The average molecular weight is 405 g/mol. The highest BCUT2D eigenvalue weighted by atomic mass is 79.9. The normalized spacial score (nSPS) is 19.8. The summed E-state index contributed by atoms with van der Waals surface area (Å²) in [4.78, 5) is 23.9. The summed E-state index contributed by atoms with van der Waals surface area (Å²) in [7, 11) is 0. The second-order valence-corrected chi connectivity index (χ2v) is 6.73. The van der Waals surface area contributed by atoms with E-state index in [-0.39, 0.29) is 42.6 Å². The molecular weight excluding hydrogens is 382 g/mol. The van der Waals surface area contributed by atoms with Crippen LogP contribution in [0.1, 0.15) is 31.2 Å². The Bertz CT molecular complexity index is 568. The topological polar surface area (TPSA) is 84.2 Å². The van der Waals surface area contributed by atoms with E-state index < -0.39 is 0 Å². The second-order valence-electron chi connectivity index (χ2n) is 5.82. The maximum atomic E-state index is 11.9. The van der Waals surface area contributed by atoms with Crippen LogP contribution in [-0.2, 0) is 9.59 Å². The number of carbonyl (C=O) groups is 2. The zero-order valence-electron chi connectivity index (χ0n) is 13.1. The molecule has 1 aromatic rings. The van der Waals surface area contributed by atoms with E-state index in [0.29, 0.717) is 6.54 Å². The van der Waals surface area contributed by atoms with Crippen LogP contribution in [0, 0.1) is 12.8 Å². The Kier molecular flexibility index (Phi) is 8.02. The minimum Gasteiger partial charge on any atom is -0.355 e. The third kappa shape index (κ3) is 6.12. The van der Waals surface area contributed by atoms with Crippen molar-refractivity contribution in [1.29, 1.82) is 0 Å². The molecule has 0 bridgehead atoms. The fourth-order valence-corrected chi connectivity index (χ4v) is 3.00. The molecule has 0 heterocycles. The van der Waals surface area contributed by atoms with Gasteiger partial charge in [-0.05, 0) is 43.9 Å². The summed E-state index contributed by atoms with van der Waals surface area (Å²) in [5.74, 6) is -0.0885. The Morgan fingerprint density at radius 1 is 1.35 bits per heavy atom. The molecule has 23 heavy (non-hydrogen) atoms. The van der Waals surface area contributed by atoms with Crippen LogP contribution in [0.4, 0.5) is 5.69 Å². The second kappa shape index (κ2) is 9.25. The molecule has 1 aromatic carbocycles. The van der Waals surface area contributed by atoms with E-state index in [1.807, 2.05) is 25.1 Å². The first-order chi connectivity index (χ1) is 10.5. The first kappa shape index (κ1) is 19.9. The number of anilines is 1. The summed E-state index contributed by atoms with van der Waals surface area (Å²) in [6.07, 6.45) is 2.75. The molecule has 0 aromatic heterocycles. The molecule has 2 unspecified atom stereocenters. The van der Waals surface area contributed by atoms with Gasteiger partial charge in [0.25, 0.3) is 0 Å². The zero-order valence-corrected chi connectivity index (χ0v) is 15.5. The maximum absolute atomic E-state index is 11.9. The van der Waals surface area contributed by atoms with E-state index in [9.17, 15) is 9.59 Å². The quantitative estimate of drug-likeness (QED) is 0.705. The van der Waals surface area contributed by atoms with Crippen LogP contribution >= 0.6 is 28.3 Å². The van der Waals surface area contributed by atoms with Gasteiger partial charge in [0.2, 0.25) is 11.8 Å². The van der Waals surface area contributed by atoms with Crippen molar-refractivity contribution in [2.75, 3.05) is 11.9 Å². The highest BCUT2D eigenvalue weighted by molar-refractivity contribution is 9.10. The summed E-state index contributed by atoms with van der Waals surface area (Å²) in [6.45, 7) is 2.29. The number of aryl methyl sites for hydroxylation is 1. The number of halogens is 2. The smallest absolute Gasteiger partial charge is 0.226 e. The van der Waals surface area contributed by atoms with Crippen LogP contribution in [0.2, 0.25) is 0 Å². The molecule has 2 rings (SSSR count). The van der Waals surface area contributed by atoms with Crippen molar-refractivity contribution in [1.82, 2.24) is 5.32 Å². The van der Waals surface area contributed by atoms with Crippen molar-refractivity contribution in [3.05, 3.63) is 28.2 Å². The number of benzene rings is 1. The Balaban J connectivity index is 0.00000264. The first-order valence-electron chi connectivity index (χ1n) is 7.55. The minimum absolute atomic E-state index is 0. The van der Waals surface area contributed by atoms with Crippen LogP contribution in [-0.4, -0.2) is 24.4 Å². The molecular formula is C16H23BrClN3O2. The minimum atomic E-state index is -0.107. The van der Waals surface area contributed by atoms with E-state index >= 15 is 0 Å². The van der Waals surface area contributed by atoms with E-state index in [2.05, 4.69) is 26.6 Å². The van der Waals surface area contributed by atoms with Crippen LogP contribution in [0.15, 0.2) is 22.7 Å². The molecule has 2 amide bonds. The molecule has 0 aliphatic heterocycles. The SMILES string of the molecule is Cc1ccc(Br)cc1NC(=O)CCNC(=O)C1CCC(N)C1.Cl. The van der Waals surface area contributed by atoms with E-state index in [4.69, 9.17) is 5.73 Å². The first-order valence-corrected chi connectivity index (χ1v) is 8.34. The molecule has 1 saturated carbocycles. The van der Waals surface area contributed by atoms with Gasteiger partial charge < -0.3 is 16.4 Å². The van der Waals surface area contributed by atoms with Crippen molar-refractivity contribution in [2.45, 2.75) is 38.6 Å². The molecule has 128 valence electrons. The molecule has 0 saturated heterocycles. The van der Waals surface area contributed by atoms with Gasteiger partial charge in [0, 0.05) is 35.1 Å². The van der Waals surface area contributed by atoms with E-state index in [1.165, 1.54) is 0 Å². The van der Waals surface area contributed by atoms with Crippen LogP contribution < -0.4 is 16.4 Å². The number of hydrogen-bond donors (Lipinski definition) is 3. The Morgan fingerprint density at radius 2 is 2.09 bits per heavy atom. The highest BCUT2D eigenvalue weighted by Crippen LogP contribution is 2.24. The van der Waals surface area contributed by atoms with Crippen LogP contribution in [0.3, 0.4) is 0 Å². The average Bonchev–Trinajstić information content (AvgIpc) is 2.89. The van der Waals surface area contributed by atoms with Gasteiger partial charge in [0.15, 0.2) is 0 Å². The Morgan fingerprint density at radius 3 is 2.74 bits per heavy atom. The van der Waals surface area contributed by atoms with Gasteiger partial charge >= 0.3 is 0 Å². The van der Waals surface area contributed by atoms with Gasteiger partial charge in [-0.2, -0.15) is 0 Å². The lowest BCUT2D eigenvalue weighted by Gasteiger charge is -2.12. The number of carbonyl (C=O) groups excluding carboxylic acids is 2. The van der Waals surface area contributed by atoms with E-state index in [1.54, 1.807) is 0 Å². The summed E-state index contributed by atoms with van der Waals surface area (Å²) < 4.78 is 0.916. The third-order valence-corrected chi connectivity index (χ3v) is 4.46. The fourth-order valence-electron chi connectivity index (χ4n) is 2.64. The highest BCUT2D eigenvalue weighted by Gasteiger charge is 2.27. The molecule has 2 atom stereocenters. The Hall–Kier alpha value is -1.11. The zero-order chi connectivity index (χ0) is 16.1. The van der Waals surface area contributed by atoms with Gasteiger partial charge in [-0.15, -0.1) is 12.4 Å². The number of nitrogens with two attached hydrogens (primary N) is 1. The molecule has 1 fully saturated rings. The lowest BCUT2D eigenvalue weighted by molar-refractivity contribution is -0.124. The van der Waals surface area contributed by atoms with Crippen LogP contribution in [0.25, 0.3) is 0 Å². The van der Waals surface area contributed by atoms with Gasteiger partial charge in [-0.3, -0.25) is 9.59 Å². The third-order valence-electron chi connectivity index (χ3n) is 3.97. The summed E-state index contributed by atoms with van der Waals surface area (Å²) >= 11 is 3.38. The molecule has 0 radical (unpaired) electrons. The van der Waals surface area contributed by atoms with Crippen molar-refractivity contribution in [3.8, 4) is 0 Å². The standard InChI is InChI=1S/C16H22BrN3O2.ClH/c1-10-2-4-12(17)9-14(10)20-15(21)6-7-19-16(22)11-3-5-13(18)8-11;/h2,4,9,11,13H,3,5-8,18H2,1H3,(H,19,22)(H,20,21);1H. The molecule has 5 nitrogen and oxygen atoms in total. The van der Waals surface area contributed by atoms with Gasteiger partial charge in [0.05, 0.1) is 0 Å². The van der Waals surface area contributed by atoms with Crippen molar-refractivity contribution >= 4 is 45.8 Å². The largest absolute Gasteiger partial charge is 0.355 e.